The zero-order chi connectivity index (χ0) is 11.4. The number of carbonyl (C=O) groups is 1. The molecule has 0 amide bonds. The van der Waals surface area contributed by atoms with Crippen LogP contribution in [-0.4, -0.2) is 17.8 Å². The Labute approximate surface area is 94.1 Å². The number of nitrogens with zero attached hydrogens (tertiary/aromatic N) is 1. The summed E-state index contributed by atoms with van der Waals surface area (Å²) in [5.74, 6) is 0.00681. The molecular formula is C13H12N2O. The predicted octanol–water partition coefficient (Wildman–Crippen LogP) is 2.35. The molecule has 3 heteroatoms. The third kappa shape index (κ3) is 1.93. The van der Waals surface area contributed by atoms with Gasteiger partial charge in [-0.3, -0.25) is 9.78 Å². The Balaban J connectivity index is 2.42. The number of hydrogen-bond acceptors (Lipinski definition) is 3. The normalized spacial score (nSPS) is 9.81. The van der Waals surface area contributed by atoms with E-state index in [1.165, 1.54) is 0 Å². The molecule has 16 heavy (non-hydrogen) atoms. The van der Waals surface area contributed by atoms with Gasteiger partial charge in [-0.05, 0) is 24.3 Å². The summed E-state index contributed by atoms with van der Waals surface area (Å²) in [5, 5.41) is 3.01. The molecule has 0 radical (unpaired) electrons. The first-order chi connectivity index (χ1) is 7.83. The van der Waals surface area contributed by atoms with Crippen molar-refractivity contribution in [2.45, 2.75) is 0 Å². The van der Waals surface area contributed by atoms with Crippen molar-refractivity contribution in [3.05, 3.63) is 59.9 Å². The van der Waals surface area contributed by atoms with Gasteiger partial charge in [0.25, 0.3) is 0 Å². The Morgan fingerprint density at radius 3 is 2.50 bits per heavy atom. The van der Waals surface area contributed by atoms with E-state index in [-0.39, 0.29) is 5.78 Å². The van der Waals surface area contributed by atoms with Crippen LogP contribution in [0, 0.1) is 0 Å². The van der Waals surface area contributed by atoms with Gasteiger partial charge in [-0.15, -0.1) is 0 Å². The largest absolute Gasteiger partial charge is 0.388 e. The summed E-state index contributed by atoms with van der Waals surface area (Å²) in [4.78, 5) is 16.1. The molecule has 1 aromatic carbocycles. The zero-order valence-corrected chi connectivity index (χ0v) is 8.97. The van der Waals surface area contributed by atoms with Crippen LogP contribution in [0.2, 0.25) is 0 Å². The number of hydrogen-bond donors (Lipinski definition) is 1. The van der Waals surface area contributed by atoms with Crippen molar-refractivity contribution in [2.24, 2.45) is 0 Å². The molecule has 0 spiro atoms. The van der Waals surface area contributed by atoms with E-state index in [0.717, 1.165) is 5.69 Å². The maximum absolute atomic E-state index is 12.2. The molecular weight excluding hydrogens is 200 g/mol. The van der Waals surface area contributed by atoms with Gasteiger partial charge in [0.15, 0.2) is 5.78 Å². The van der Waals surface area contributed by atoms with Crippen LogP contribution in [0.25, 0.3) is 0 Å². The van der Waals surface area contributed by atoms with Crippen molar-refractivity contribution in [3.8, 4) is 0 Å². The molecule has 1 aromatic heterocycles. The fourth-order valence-electron chi connectivity index (χ4n) is 1.56. The van der Waals surface area contributed by atoms with Crippen LogP contribution in [0.5, 0.6) is 0 Å². The average molecular weight is 212 g/mol. The summed E-state index contributed by atoms with van der Waals surface area (Å²) >= 11 is 0. The van der Waals surface area contributed by atoms with Gasteiger partial charge in [0, 0.05) is 36.3 Å². The first kappa shape index (κ1) is 10.4. The second kappa shape index (κ2) is 4.57. The highest BCUT2D eigenvalue weighted by Gasteiger charge is 2.11. The fourth-order valence-corrected chi connectivity index (χ4v) is 1.56. The molecule has 2 rings (SSSR count). The third-order valence-corrected chi connectivity index (χ3v) is 2.38. The number of carbonyl (C=O) groups excluding carboxylic acids is 1. The Kier molecular flexibility index (Phi) is 2.96. The van der Waals surface area contributed by atoms with Crippen molar-refractivity contribution >= 4 is 11.5 Å². The molecule has 0 unspecified atom stereocenters. The molecule has 0 fully saturated rings. The van der Waals surface area contributed by atoms with Crippen molar-refractivity contribution in [3.63, 3.8) is 0 Å². The Hall–Kier alpha value is -2.16. The van der Waals surface area contributed by atoms with E-state index >= 15 is 0 Å². The van der Waals surface area contributed by atoms with Crippen molar-refractivity contribution in [1.29, 1.82) is 0 Å². The van der Waals surface area contributed by atoms with Gasteiger partial charge in [0.2, 0.25) is 0 Å². The lowest BCUT2D eigenvalue weighted by molar-refractivity contribution is 0.103. The summed E-state index contributed by atoms with van der Waals surface area (Å²) in [7, 11) is 1.80. The van der Waals surface area contributed by atoms with Crippen molar-refractivity contribution < 1.29 is 4.79 Å². The second-order valence-electron chi connectivity index (χ2n) is 3.36. The van der Waals surface area contributed by atoms with E-state index in [1.54, 1.807) is 31.6 Å². The number of rotatable bonds is 3. The minimum atomic E-state index is 0.00681. The van der Waals surface area contributed by atoms with Gasteiger partial charge in [-0.1, -0.05) is 12.1 Å². The molecule has 0 aliphatic heterocycles. The van der Waals surface area contributed by atoms with E-state index in [0.29, 0.717) is 11.1 Å². The maximum atomic E-state index is 12.2. The van der Waals surface area contributed by atoms with Crippen LogP contribution in [0.15, 0.2) is 48.8 Å². The zero-order valence-electron chi connectivity index (χ0n) is 8.97. The summed E-state index contributed by atoms with van der Waals surface area (Å²) in [6, 6.07) is 10.9. The number of ketones is 1. The first-order valence-electron chi connectivity index (χ1n) is 5.04. The predicted molar refractivity (Wildman–Crippen MR) is 63.7 cm³/mol. The number of benzene rings is 1. The highest BCUT2D eigenvalue weighted by atomic mass is 16.1. The monoisotopic (exact) mass is 212 g/mol. The Bertz CT molecular complexity index is 494. The van der Waals surface area contributed by atoms with Gasteiger partial charge in [-0.25, -0.2) is 0 Å². The molecule has 1 heterocycles. The van der Waals surface area contributed by atoms with Crippen LogP contribution < -0.4 is 5.32 Å². The van der Waals surface area contributed by atoms with Gasteiger partial charge in [0.05, 0.1) is 0 Å². The fraction of sp³-hybridized carbons (Fsp3) is 0.0769. The van der Waals surface area contributed by atoms with Crippen LogP contribution in [-0.2, 0) is 0 Å². The number of pyridine rings is 1. The van der Waals surface area contributed by atoms with Crippen molar-refractivity contribution in [2.75, 3.05) is 12.4 Å². The van der Waals surface area contributed by atoms with E-state index in [1.807, 2.05) is 24.3 Å². The highest BCUT2D eigenvalue weighted by molar-refractivity contribution is 6.12. The Morgan fingerprint density at radius 1 is 1.12 bits per heavy atom. The minimum absolute atomic E-state index is 0.00681. The van der Waals surface area contributed by atoms with E-state index in [4.69, 9.17) is 0 Å². The van der Waals surface area contributed by atoms with Gasteiger partial charge in [0.1, 0.15) is 0 Å². The molecule has 0 atom stereocenters. The quantitative estimate of drug-likeness (QED) is 0.794. The molecule has 0 aliphatic carbocycles. The highest BCUT2D eigenvalue weighted by Crippen LogP contribution is 2.18. The SMILES string of the molecule is CNc1ccccc1C(=O)c1ccncc1. The molecule has 0 bridgehead atoms. The number of nitrogens with one attached hydrogen (secondary N) is 1. The van der Waals surface area contributed by atoms with Crippen molar-refractivity contribution in [1.82, 2.24) is 4.98 Å². The number of para-hydroxylation sites is 1. The lowest BCUT2D eigenvalue weighted by Gasteiger charge is -2.07. The number of aromatic nitrogens is 1. The molecule has 0 aliphatic rings. The Morgan fingerprint density at radius 2 is 1.81 bits per heavy atom. The standard InChI is InChI=1S/C13H12N2O/c1-14-12-5-3-2-4-11(12)13(16)10-6-8-15-9-7-10/h2-9,14H,1H3. The lowest BCUT2D eigenvalue weighted by atomic mass is 10.0. The van der Waals surface area contributed by atoms with Gasteiger partial charge >= 0.3 is 0 Å². The second-order valence-corrected chi connectivity index (χ2v) is 3.36. The van der Waals surface area contributed by atoms with Crippen LogP contribution in [0.1, 0.15) is 15.9 Å². The third-order valence-electron chi connectivity index (χ3n) is 2.38. The van der Waals surface area contributed by atoms with E-state index < -0.39 is 0 Å². The topological polar surface area (TPSA) is 42.0 Å². The molecule has 1 N–H and O–H groups in total. The summed E-state index contributed by atoms with van der Waals surface area (Å²) < 4.78 is 0. The van der Waals surface area contributed by atoms with Gasteiger partial charge in [-0.2, -0.15) is 0 Å². The van der Waals surface area contributed by atoms with E-state index in [9.17, 15) is 4.79 Å². The van der Waals surface area contributed by atoms with Crippen LogP contribution in [0.4, 0.5) is 5.69 Å². The van der Waals surface area contributed by atoms with Gasteiger partial charge < -0.3 is 5.32 Å². The van der Waals surface area contributed by atoms with Crippen LogP contribution in [0.3, 0.4) is 0 Å². The number of anilines is 1. The maximum Gasteiger partial charge on any atom is 0.195 e. The summed E-state index contributed by atoms with van der Waals surface area (Å²) in [6.07, 6.45) is 3.24. The summed E-state index contributed by atoms with van der Waals surface area (Å²) in [6.45, 7) is 0. The molecule has 80 valence electrons. The molecule has 0 saturated carbocycles. The van der Waals surface area contributed by atoms with E-state index in [2.05, 4.69) is 10.3 Å². The molecule has 0 saturated heterocycles. The van der Waals surface area contributed by atoms with Crippen LogP contribution >= 0.6 is 0 Å². The lowest BCUT2D eigenvalue weighted by Crippen LogP contribution is -2.05. The summed E-state index contributed by atoms with van der Waals surface area (Å²) in [5.41, 5.74) is 2.17. The molecule has 3 nitrogen and oxygen atoms in total. The minimum Gasteiger partial charge on any atom is -0.388 e. The molecule has 2 aromatic rings. The average Bonchev–Trinajstić information content (AvgIpc) is 2.39. The smallest absolute Gasteiger partial charge is 0.195 e. The first-order valence-corrected chi connectivity index (χ1v) is 5.04.